The minimum atomic E-state index is 0.0253. The molecule has 1 fully saturated rings. The molecule has 1 aromatic heterocycles. The molecule has 6 nitrogen and oxygen atoms in total. The van der Waals surface area contributed by atoms with Gasteiger partial charge in [0.2, 0.25) is 5.95 Å². The van der Waals surface area contributed by atoms with Crippen LogP contribution in [-0.4, -0.2) is 47.5 Å². The number of ether oxygens (including phenoxy) is 1. The van der Waals surface area contributed by atoms with E-state index in [0.29, 0.717) is 11.5 Å². The highest BCUT2D eigenvalue weighted by Gasteiger charge is 2.19. The zero-order valence-electron chi connectivity index (χ0n) is 13.9. The smallest absolute Gasteiger partial charge is 0.256 e. The van der Waals surface area contributed by atoms with E-state index in [1.807, 2.05) is 29.2 Å². The highest BCUT2D eigenvalue weighted by atomic mass is 16.5. The molecule has 0 aliphatic carbocycles. The van der Waals surface area contributed by atoms with Crippen molar-refractivity contribution in [3.8, 4) is 5.75 Å². The standard InChI is InChI=1S/C18H22N4O2/c1-24-16-6-4-14(5-7-16)8-9-19-18-20-12-15(13-21-18)17(23)22-10-2-3-11-22/h4-7,12-13H,2-3,8-11H2,1H3,(H,19,20,21). The largest absolute Gasteiger partial charge is 0.497 e. The predicted molar refractivity (Wildman–Crippen MR) is 92.4 cm³/mol. The topological polar surface area (TPSA) is 67.3 Å². The van der Waals surface area contributed by atoms with Crippen LogP contribution < -0.4 is 10.1 Å². The molecule has 1 aliphatic rings. The lowest BCUT2D eigenvalue weighted by molar-refractivity contribution is 0.0792. The Labute approximate surface area is 141 Å². The summed E-state index contributed by atoms with van der Waals surface area (Å²) in [4.78, 5) is 22.6. The average Bonchev–Trinajstić information content (AvgIpc) is 3.17. The lowest BCUT2D eigenvalue weighted by Gasteiger charge is -2.14. The number of hydrogen-bond donors (Lipinski definition) is 1. The maximum Gasteiger partial charge on any atom is 0.256 e. The first-order chi connectivity index (χ1) is 11.8. The first kappa shape index (κ1) is 16.2. The SMILES string of the molecule is COc1ccc(CCNc2ncc(C(=O)N3CCCC3)cn2)cc1. The van der Waals surface area contributed by atoms with Crippen molar-refractivity contribution in [2.45, 2.75) is 19.3 Å². The summed E-state index contributed by atoms with van der Waals surface area (Å²) >= 11 is 0. The number of hydrogen-bond acceptors (Lipinski definition) is 5. The summed E-state index contributed by atoms with van der Waals surface area (Å²) in [5, 5.41) is 3.18. The quantitative estimate of drug-likeness (QED) is 0.883. The normalized spacial score (nSPS) is 13.8. The molecule has 2 heterocycles. The zero-order valence-corrected chi connectivity index (χ0v) is 13.9. The lowest BCUT2D eigenvalue weighted by Crippen LogP contribution is -2.27. The minimum absolute atomic E-state index is 0.0253. The molecule has 126 valence electrons. The van der Waals surface area contributed by atoms with Crippen molar-refractivity contribution in [1.82, 2.24) is 14.9 Å². The second-order valence-electron chi connectivity index (χ2n) is 5.82. The molecular formula is C18H22N4O2. The van der Waals surface area contributed by atoms with Gasteiger partial charge in [-0.05, 0) is 37.0 Å². The van der Waals surface area contributed by atoms with E-state index in [1.165, 1.54) is 5.56 Å². The van der Waals surface area contributed by atoms with Gasteiger partial charge in [0, 0.05) is 32.0 Å². The van der Waals surface area contributed by atoms with Crippen LogP contribution in [-0.2, 0) is 6.42 Å². The molecule has 0 saturated carbocycles. The Bertz CT molecular complexity index is 664. The summed E-state index contributed by atoms with van der Waals surface area (Å²) in [6, 6.07) is 7.98. The van der Waals surface area contributed by atoms with E-state index in [2.05, 4.69) is 15.3 Å². The molecular weight excluding hydrogens is 304 g/mol. The maximum atomic E-state index is 12.2. The van der Waals surface area contributed by atoms with Crippen molar-refractivity contribution in [2.75, 3.05) is 32.1 Å². The van der Waals surface area contributed by atoms with Crippen molar-refractivity contribution in [2.24, 2.45) is 0 Å². The van der Waals surface area contributed by atoms with E-state index in [1.54, 1.807) is 19.5 Å². The van der Waals surface area contributed by atoms with Gasteiger partial charge in [0.15, 0.2) is 0 Å². The Kier molecular flexibility index (Phi) is 5.25. The van der Waals surface area contributed by atoms with Crippen molar-refractivity contribution >= 4 is 11.9 Å². The fraction of sp³-hybridized carbons (Fsp3) is 0.389. The number of rotatable bonds is 6. The number of methoxy groups -OCH3 is 1. The van der Waals surface area contributed by atoms with Crippen LogP contribution in [0.4, 0.5) is 5.95 Å². The summed E-state index contributed by atoms with van der Waals surface area (Å²) in [6.07, 6.45) is 6.23. The summed E-state index contributed by atoms with van der Waals surface area (Å²) < 4.78 is 5.14. The van der Waals surface area contributed by atoms with Crippen molar-refractivity contribution in [1.29, 1.82) is 0 Å². The van der Waals surface area contributed by atoms with Crippen LogP contribution >= 0.6 is 0 Å². The van der Waals surface area contributed by atoms with Gasteiger partial charge in [-0.1, -0.05) is 12.1 Å². The average molecular weight is 326 g/mol. The van der Waals surface area contributed by atoms with Crippen LogP contribution in [0.1, 0.15) is 28.8 Å². The van der Waals surface area contributed by atoms with E-state index in [0.717, 1.165) is 44.6 Å². The molecule has 0 atom stereocenters. The van der Waals surface area contributed by atoms with E-state index in [-0.39, 0.29) is 5.91 Å². The molecule has 3 rings (SSSR count). The van der Waals surface area contributed by atoms with Crippen LogP contribution in [0.2, 0.25) is 0 Å². The molecule has 1 aromatic carbocycles. The zero-order chi connectivity index (χ0) is 16.8. The molecule has 1 amide bonds. The Hall–Kier alpha value is -2.63. The number of benzene rings is 1. The van der Waals surface area contributed by atoms with Gasteiger partial charge in [-0.2, -0.15) is 0 Å². The third-order valence-corrected chi connectivity index (χ3v) is 4.15. The van der Waals surface area contributed by atoms with Crippen molar-refractivity contribution in [3.63, 3.8) is 0 Å². The number of carbonyl (C=O) groups is 1. The van der Waals surface area contributed by atoms with Gasteiger partial charge in [-0.15, -0.1) is 0 Å². The number of nitrogens with zero attached hydrogens (tertiary/aromatic N) is 3. The summed E-state index contributed by atoms with van der Waals surface area (Å²) in [5.41, 5.74) is 1.77. The predicted octanol–water partition coefficient (Wildman–Crippen LogP) is 2.38. The van der Waals surface area contributed by atoms with E-state index < -0.39 is 0 Å². The van der Waals surface area contributed by atoms with Crippen LogP contribution in [0.15, 0.2) is 36.7 Å². The first-order valence-electron chi connectivity index (χ1n) is 8.24. The van der Waals surface area contributed by atoms with Crippen LogP contribution in [0.25, 0.3) is 0 Å². The molecule has 1 aliphatic heterocycles. The molecule has 1 saturated heterocycles. The minimum Gasteiger partial charge on any atom is -0.497 e. The first-order valence-corrected chi connectivity index (χ1v) is 8.24. The molecule has 2 aromatic rings. The number of aromatic nitrogens is 2. The maximum absolute atomic E-state index is 12.2. The van der Waals surface area contributed by atoms with E-state index in [9.17, 15) is 4.79 Å². The molecule has 24 heavy (non-hydrogen) atoms. The summed E-state index contributed by atoms with van der Waals surface area (Å²) in [6.45, 7) is 2.40. The van der Waals surface area contributed by atoms with Gasteiger partial charge in [0.25, 0.3) is 5.91 Å². The second kappa shape index (κ2) is 7.77. The van der Waals surface area contributed by atoms with E-state index >= 15 is 0 Å². The van der Waals surface area contributed by atoms with E-state index in [4.69, 9.17) is 4.74 Å². The van der Waals surface area contributed by atoms with Gasteiger partial charge in [-0.3, -0.25) is 4.79 Å². The Balaban J connectivity index is 1.49. The lowest BCUT2D eigenvalue weighted by atomic mass is 10.1. The third kappa shape index (κ3) is 4.01. The van der Waals surface area contributed by atoms with Crippen LogP contribution in [0, 0.1) is 0 Å². The summed E-state index contributed by atoms with van der Waals surface area (Å²) in [7, 11) is 1.66. The van der Waals surface area contributed by atoms with Gasteiger partial charge in [0.1, 0.15) is 5.75 Å². The monoisotopic (exact) mass is 326 g/mol. The number of nitrogens with one attached hydrogen (secondary N) is 1. The van der Waals surface area contributed by atoms with Crippen molar-refractivity contribution < 1.29 is 9.53 Å². The number of anilines is 1. The molecule has 0 bridgehead atoms. The fourth-order valence-electron chi connectivity index (χ4n) is 2.74. The molecule has 0 unspecified atom stereocenters. The van der Waals surface area contributed by atoms with Crippen LogP contribution in [0.3, 0.4) is 0 Å². The van der Waals surface area contributed by atoms with Gasteiger partial charge in [-0.25, -0.2) is 9.97 Å². The fourth-order valence-corrected chi connectivity index (χ4v) is 2.74. The molecule has 0 spiro atoms. The number of amides is 1. The highest BCUT2D eigenvalue weighted by molar-refractivity contribution is 5.93. The van der Waals surface area contributed by atoms with Crippen molar-refractivity contribution in [3.05, 3.63) is 47.8 Å². The van der Waals surface area contributed by atoms with Gasteiger partial charge >= 0.3 is 0 Å². The second-order valence-corrected chi connectivity index (χ2v) is 5.82. The third-order valence-electron chi connectivity index (χ3n) is 4.15. The highest BCUT2D eigenvalue weighted by Crippen LogP contribution is 2.13. The van der Waals surface area contributed by atoms with Crippen LogP contribution in [0.5, 0.6) is 5.75 Å². The van der Waals surface area contributed by atoms with Gasteiger partial charge in [0.05, 0.1) is 12.7 Å². The Morgan fingerprint density at radius 2 is 1.83 bits per heavy atom. The molecule has 6 heteroatoms. The number of likely N-dealkylation sites (tertiary alicyclic amines) is 1. The summed E-state index contributed by atoms with van der Waals surface area (Å²) in [5.74, 6) is 1.42. The number of carbonyl (C=O) groups excluding carboxylic acids is 1. The Morgan fingerprint density at radius 1 is 1.17 bits per heavy atom. The Morgan fingerprint density at radius 3 is 2.46 bits per heavy atom. The molecule has 0 radical (unpaired) electrons. The molecule has 1 N–H and O–H groups in total. The van der Waals surface area contributed by atoms with Gasteiger partial charge < -0.3 is 15.0 Å².